The summed E-state index contributed by atoms with van der Waals surface area (Å²) in [6.45, 7) is 5.60. The van der Waals surface area contributed by atoms with Crippen LogP contribution in [0.15, 0.2) is 24.3 Å². The third-order valence-corrected chi connectivity index (χ3v) is 6.04. The maximum Gasteiger partial charge on any atom is 0.261 e. The number of pyridine rings is 1. The van der Waals surface area contributed by atoms with E-state index in [1.807, 2.05) is 0 Å². The average molecular weight is 466 g/mol. The SMILES string of the molecule is O=C(NCCN1CCC(F)(F)C1)c1cc(NCCCN2CCOCC2)nc2ccc(F)cc12. The highest BCUT2D eigenvalue weighted by molar-refractivity contribution is 6.07. The summed E-state index contributed by atoms with van der Waals surface area (Å²) in [5.41, 5.74) is 0.820. The summed E-state index contributed by atoms with van der Waals surface area (Å²) in [5.74, 6) is -2.95. The number of ether oxygens (including phenoxy) is 1. The van der Waals surface area contributed by atoms with Crippen molar-refractivity contribution in [2.24, 2.45) is 0 Å². The van der Waals surface area contributed by atoms with Gasteiger partial charge >= 0.3 is 0 Å². The molecular formula is C23H30F3N5O2. The van der Waals surface area contributed by atoms with Crippen molar-refractivity contribution < 1.29 is 22.7 Å². The van der Waals surface area contributed by atoms with Gasteiger partial charge in [0.15, 0.2) is 0 Å². The Labute approximate surface area is 191 Å². The zero-order chi connectivity index (χ0) is 23.3. The molecule has 0 unspecified atom stereocenters. The van der Waals surface area contributed by atoms with E-state index in [2.05, 4.69) is 20.5 Å². The number of amides is 1. The lowest BCUT2D eigenvalue weighted by molar-refractivity contribution is 0.0124. The van der Waals surface area contributed by atoms with Crippen LogP contribution in [0.5, 0.6) is 0 Å². The molecule has 33 heavy (non-hydrogen) atoms. The first-order valence-corrected chi connectivity index (χ1v) is 11.4. The molecule has 2 fully saturated rings. The number of aromatic nitrogens is 1. The predicted octanol–water partition coefficient (Wildman–Crippen LogP) is 2.58. The summed E-state index contributed by atoms with van der Waals surface area (Å²) in [5, 5.41) is 6.46. The van der Waals surface area contributed by atoms with Crippen LogP contribution in [0, 0.1) is 5.82 Å². The highest BCUT2D eigenvalue weighted by Gasteiger charge is 2.37. The molecule has 2 N–H and O–H groups in total. The minimum absolute atomic E-state index is 0.157. The Bertz CT molecular complexity index is 969. The molecule has 2 aliphatic heterocycles. The second-order valence-corrected chi connectivity index (χ2v) is 8.59. The summed E-state index contributed by atoms with van der Waals surface area (Å²) in [6, 6.07) is 5.77. The summed E-state index contributed by atoms with van der Waals surface area (Å²) >= 11 is 0. The van der Waals surface area contributed by atoms with Crippen LogP contribution in [0.2, 0.25) is 0 Å². The van der Waals surface area contributed by atoms with Gasteiger partial charge in [-0.05, 0) is 37.2 Å². The molecular weight excluding hydrogens is 435 g/mol. The van der Waals surface area contributed by atoms with Gasteiger partial charge in [-0.2, -0.15) is 0 Å². The largest absolute Gasteiger partial charge is 0.379 e. The van der Waals surface area contributed by atoms with Crippen LogP contribution in [0.1, 0.15) is 23.2 Å². The first-order valence-electron chi connectivity index (χ1n) is 11.4. The Hall–Kier alpha value is -2.43. The number of fused-ring (bicyclic) bond motifs is 1. The van der Waals surface area contributed by atoms with Crippen molar-refractivity contribution in [2.75, 3.05) is 70.9 Å². The Balaban J connectivity index is 1.37. The molecule has 0 spiro atoms. The molecule has 0 saturated carbocycles. The molecule has 1 aromatic heterocycles. The minimum Gasteiger partial charge on any atom is -0.379 e. The van der Waals surface area contributed by atoms with Crippen LogP contribution in [0.3, 0.4) is 0 Å². The number of nitrogens with one attached hydrogen (secondary N) is 2. The molecule has 0 atom stereocenters. The van der Waals surface area contributed by atoms with Gasteiger partial charge in [-0.3, -0.25) is 14.6 Å². The van der Waals surface area contributed by atoms with E-state index in [4.69, 9.17) is 4.74 Å². The topological polar surface area (TPSA) is 69.7 Å². The van der Waals surface area contributed by atoms with Gasteiger partial charge in [0.05, 0.1) is 30.8 Å². The van der Waals surface area contributed by atoms with Gasteiger partial charge in [0, 0.05) is 51.1 Å². The summed E-state index contributed by atoms with van der Waals surface area (Å²) in [6.07, 6.45) is 0.751. The quantitative estimate of drug-likeness (QED) is 0.555. The van der Waals surface area contributed by atoms with Crippen LogP contribution >= 0.6 is 0 Å². The molecule has 1 aromatic carbocycles. The van der Waals surface area contributed by atoms with Crippen molar-refractivity contribution in [3.05, 3.63) is 35.6 Å². The maximum atomic E-state index is 13.9. The van der Waals surface area contributed by atoms with Crippen LogP contribution in [0.4, 0.5) is 19.0 Å². The van der Waals surface area contributed by atoms with Crippen molar-refractivity contribution in [1.29, 1.82) is 0 Å². The number of likely N-dealkylation sites (tertiary alicyclic amines) is 1. The van der Waals surface area contributed by atoms with Gasteiger partial charge in [-0.1, -0.05) is 0 Å². The van der Waals surface area contributed by atoms with Crippen molar-refractivity contribution >= 4 is 22.6 Å². The number of alkyl halides is 2. The van der Waals surface area contributed by atoms with E-state index in [0.29, 0.717) is 41.9 Å². The van der Waals surface area contributed by atoms with Crippen molar-refractivity contribution in [3.63, 3.8) is 0 Å². The molecule has 180 valence electrons. The minimum atomic E-state index is -2.66. The number of nitrogens with zero attached hydrogens (tertiary/aromatic N) is 3. The fraction of sp³-hybridized carbons (Fsp3) is 0.565. The lowest BCUT2D eigenvalue weighted by Crippen LogP contribution is -2.37. The van der Waals surface area contributed by atoms with E-state index in [1.54, 1.807) is 17.0 Å². The van der Waals surface area contributed by atoms with E-state index in [-0.39, 0.29) is 25.4 Å². The van der Waals surface area contributed by atoms with Crippen LogP contribution in [0.25, 0.3) is 10.9 Å². The molecule has 10 heteroatoms. The Morgan fingerprint density at radius 1 is 1.09 bits per heavy atom. The Kier molecular flexibility index (Phi) is 7.67. The molecule has 2 saturated heterocycles. The standard InChI is InChI=1S/C23H30F3N5O2/c24-17-2-3-20-18(14-17)19(22(32)28-6-9-31-8-4-23(25,26)16-31)15-21(29-20)27-5-1-7-30-10-12-33-13-11-30/h2-3,14-15H,1,4-13,16H2,(H,27,29)(H,28,32). The molecule has 4 rings (SSSR count). The zero-order valence-electron chi connectivity index (χ0n) is 18.6. The molecule has 3 heterocycles. The van der Waals surface area contributed by atoms with Crippen molar-refractivity contribution in [3.8, 4) is 0 Å². The zero-order valence-corrected chi connectivity index (χ0v) is 18.6. The normalized spacial score (nSPS) is 19.1. The smallest absolute Gasteiger partial charge is 0.261 e. The van der Waals surface area contributed by atoms with Gasteiger partial charge in [0.2, 0.25) is 0 Å². The lowest BCUT2D eigenvalue weighted by atomic mass is 10.1. The average Bonchev–Trinajstić information content (AvgIpc) is 3.15. The summed E-state index contributed by atoms with van der Waals surface area (Å²) in [7, 11) is 0. The van der Waals surface area contributed by atoms with E-state index in [0.717, 1.165) is 39.3 Å². The predicted molar refractivity (Wildman–Crippen MR) is 120 cm³/mol. The second-order valence-electron chi connectivity index (χ2n) is 8.59. The van der Waals surface area contributed by atoms with E-state index in [1.165, 1.54) is 12.1 Å². The molecule has 2 aliphatic rings. The van der Waals surface area contributed by atoms with Gasteiger partial charge in [0.25, 0.3) is 11.8 Å². The van der Waals surface area contributed by atoms with Gasteiger partial charge in [0.1, 0.15) is 11.6 Å². The molecule has 2 aromatic rings. The highest BCUT2D eigenvalue weighted by Crippen LogP contribution is 2.26. The summed E-state index contributed by atoms with van der Waals surface area (Å²) < 4.78 is 45.9. The lowest BCUT2D eigenvalue weighted by Gasteiger charge is -2.26. The number of carbonyl (C=O) groups is 1. The van der Waals surface area contributed by atoms with Crippen LogP contribution in [-0.2, 0) is 4.74 Å². The van der Waals surface area contributed by atoms with Crippen molar-refractivity contribution in [2.45, 2.75) is 18.8 Å². The number of halogens is 3. The molecule has 0 aliphatic carbocycles. The van der Waals surface area contributed by atoms with Crippen LogP contribution in [-0.4, -0.2) is 92.2 Å². The summed E-state index contributed by atoms with van der Waals surface area (Å²) in [4.78, 5) is 21.4. The van der Waals surface area contributed by atoms with Gasteiger partial charge in [-0.25, -0.2) is 18.2 Å². The van der Waals surface area contributed by atoms with E-state index in [9.17, 15) is 18.0 Å². The number of hydrogen-bond acceptors (Lipinski definition) is 6. The first kappa shape index (κ1) is 23.7. The third kappa shape index (κ3) is 6.55. The molecule has 1 amide bonds. The molecule has 7 nitrogen and oxygen atoms in total. The monoisotopic (exact) mass is 465 g/mol. The number of morpholine rings is 1. The van der Waals surface area contributed by atoms with E-state index >= 15 is 0 Å². The highest BCUT2D eigenvalue weighted by atomic mass is 19.3. The van der Waals surface area contributed by atoms with E-state index < -0.39 is 11.7 Å². The van der Waals surface area contributed by atoms with Gasteiger partial charge in [-0.15, -0.1) is 0 Å². The van der Waals surface area contributed by atoms with Crippen LogP contribution < -0.4 is 10.6 Å². The fourth-order valence-corrected chi connectivity index (χ4v) is 4.24. The van der Waals surface area contributed by atoms with Gasteiger partial charge < -0.3 is 15.4 Å². The molecule has 0 bridgehead atoms. The first-order chi connectivity index (χ1) is 15.9. The third-order valence-electron chi connectivity index (χ3n) is 6.04. The Morgan fingerprint density at radius 3 is 2.67 bits per heavy atom. The second kappa shape index (κ2) is 10.7. The molecule has 0 radical (unpaired) electrons. The number of rotatable bonds is 9. The number of benzene rings is 1. The Morgan fingerprint density at radius 2 is 1.91 bits per heavy atom. The van der Waals surface area contributed by atoms with Crippen molar-refractivity contribution in [1.82, 2.24) is 20.1 Å². The number of carbonyl (C=O) groups excluding carboxylic acids is 1. The number of hydrogen-bond donors (Lipinski definition) is 2. The number of anilines is 1. The maximum absolute atomic E-state index is 13.9. The fourth-order valence-electron chi connectivity index (χ4n) is 4.24.